The van der Waals surface area contributed by atoms with Gasteiger partial charge in [0, 0.05) is 10.9 Å². The lowest BCUT2D eigenvalue weighted by Crippen LogP contribution is -2.13. The maximum Gasteiger partial charge on any atom is 0.348 e. The zero-order chi connectivity index (χ0) is 25.8. The molecule has 1 N–H and O–H groups in total. The molecule has 0 fully saturated rings. The minimum atomic E-state index is -0.526. The molecule has 1 amide bonds. The summed E-state index contributed by atoms with van der Waals surface area (Å²) in [5.74, 6) is 0.162. The lowest BCUT2D eigenvalue weighted by atomic mass is 10.0. The predicted molar refractivity (Wildman–Crippen MR) is 138 cm³/mol. The van der Waals surface area contributed by atoms with Crippen LogP contribution in [0.3, 0.4) is 0 Å². The number of carbonyl (C=O) groups excluding carboxylic acids is 2. The van der Waals surface area contributed by atoms with Crippen molar-refractivity contribution >= 4 is 39.1 Å². The van der Waals surface area contributed by atoms with Gasteiger partial charge in [0.2, 0.25) is 0 Å². The van der Waals surface area contributed by atoms with E-state index in [1.165, 1.54) is 0 Å². The van der Waals surface area contributed by atoms with Gasteiger partial charge >= 0.3 is 5.97 Å². The predicted octanol–water partition coefficient (Wildman–Crippen LogP) is 5.59. The van der Waals surface area contributed by atoms with Crippen LogP contribution in [0.4, 0.5) is 5.00 Å². The number of nitrogens with one attached hydrogen (secondary N) is 1. The van der Waals surface area contributed by atoms with Crippen molar-refractivity contribution in [3.05, 3.63) is 70.1 Å². The lowest BCUT2D eigenvalue weighted by Gasteiger charge is -2.12. The summed E-state index contributed by atoms with van der Waals surface area (Å²) in [6.07, 6.45) is 0. The number of thiophene rings is 1. The fourth-order valence-corrected chi connectivity index (χ4v) is 4.85. The topological polar surface area (TPSA) is 111 Å². The third-order valence-corrected chi connectivity index (χ3v) is 6.77. The molecule has 0 saturated heterocycles. The average molecular weight is 502 g/mol. The number of benzene rings is 2. The molecular formula is C27H23N3O5S. The molecule has 0 bridgehead atoms. The van der Waals surface area contributed by atoms with E-state index >= 15 is 0 Å². The normalized spacial score (nSPS) is 10.5. The molecule has 0 aliphatic rings. The number of nitrogens with zero attached hydrogens (tertiary/aromatic N) is 2. The second kappa shape index (κ2) is 10.5. The molecule has 0 saturated carbocycles. The molecule has 0 aliphatic carbocycles. The Morgan fingerprint density at radius 2 is 1.83 bits per heavy atom. The van der Waals surface area contributed by atoms with Gasteiger partial charge in [-0.05, 0) is 49.7 Å². The van der Waals surface area contributed by atoms with Gasteiger partial charge in [0.25, 0.3) is 5.91 Å². The van der Waals surface area contributed by atoms with Crippen LogP contribution in [0.5, 0.6) is 11.5 Å². The molecule has 182 valence electrons. The van der Waals surface area contributed by atoms with Gasteiger partial charge in [0.15, 0.2) is 11.5 Å². The SMILES string of the molecule is CCOC(=O)c1sc(NC(=O)c2cc(-c3ccc(OC)c(OC)c3)nc3ccccc23)c(C#N)c1C. The quantitative estimate of drug-likeness (QED) is 0.329. The van der Waals surface area contributed by atoms with Crippen molar-refractivity contribution in [2.24, 2.45) is 0 Å². The highest BCUT2D eigenvalue weighted by Gasteiger charge is 2.23. The first-order valence-corrected chi connectivity index (χ1v) is 11.9. The Bertz CT molecular complexity index is 1520. The van der Waals surface area contributed by atoms with E-state index in [1.54, 1.807) is 46.3 Å². The van der Waals surface area contributed by atoms with Gasteiger partial charge in [-0.1, -0.05) is 18.2 Å². The van der Waals surface area contributed by atoms with E-state index < -0.39 is 11.9 Å². The van der Waals surface area contributed by atoms with Crippen LogP contribution in [0.1, 0.15) is 38.1 Å². The Kier molecular flexibility index (Phi) is 7.17. The maximum atomic E-state index is 13.5. The number of hydrogen-bond donors (Lipinski definition) is 1. The number of para-hydroxylation sites is 1. The van der Waals surface area contributed by atoms with Crippen LogP contribution >= 0.6 is 11.3 Å². The van der Waals surface area contributed by atoms with Crippen LogP contribution < -0.4 is 14.8 Å². The van der Waals surface area contributed by atoms with E-state index in [-0.39, 0.29) is 22.0 Å². The Labute approximate surface area is 212 Å². The summed E-state index contributed by atoms with van der Waals surface area (Å²) in [7, 11) is 3.11. The zero-order valence-corrected chi connectivity index (χ0v) is 21.0. The van der Waals surface area contributed by atoms with E-state index in [2.05, 4.69) is 11.4 Å². The zero-order valence-electron chi connectivity index (χ0n) is 20.2. The number of aromatic nitrogens is 1. The Morgan fingerprint density at radius 3 is 2.53 bits per heavy atom. The van der Waals surface area contributed by atoms with Gasteiger partial charge in [0.05, 0.1) is 43.2 Å². The standard InChI is InChI=1S/C27H23N3O5S/c1-5-35-27(32)24-15(2)19(14-28)26(36-24)30-25(31)18-13-21(29-20-9-7-6-8-17(18)20)16-10-11-22(33-3)23(12-16)34-4/h6-13H,5H2,1-4H3,(H,30,31). The van der Waals surface area contributed by atoms with Crippen LogP contribution in [0, 0.1) is 18.3 Å². The summed E-state index contributed by atoms with van der Waals surface area (Å²) in [5.41, 5.74) is 3.01. The highest BCUT2D eigenvalue weighted by atomic mass is 32.1. The number of anilines is 1. The molecule has 8 nitrogen and oxygen atoms in total. The number of esters is 1. The van der Waals surface area contributed by atoms with Crippen LogP contribution in [-0.2, 0) is 4.74 Å². The van der Waals surface area contributed by atoms with Crippen molar-refractivity contribution in [2.75, 3.05) is 26.1 Å². The van der Waals surface area contributed by atoms with E-state index in [0.29, 0.717) is 39.2 Å². The molecule has 0 unspecified atom stereocenters. The Balaban J connectivity index is 1.79. The molecule has 2 heterocycles. The number of hydrogen-bond acceptors (Lipinski definition) is 8. The van der Waals surface area contributed by atoms with Crippen molar-refractivity contribution in [3.63, 3.8) is 0 Å². The van der Waals surface area contributed by atoms with Crippen LogP contribution in [0.25, 0.3) is 22.2 Å². The Morgan fingerprint density at radius 1 is 1.08 bits per heavy atom. The second-order valence-electron chi connectivity index (χ2n) is 7.69. The van der Waals surface area contributed by atoms with E-state index in [9.17, 15) is 14.9 Å². The third kappa shape index (κ3) is 4.59. The summed E-state index contributed by atoms with van der Waals surface area (Å²) in [6, 6.07) is 16.5. The molecular weight excluding hydrogens is 478 g/mol. The monoisotopic (exact) mass is 501 g/mol. The Hall–Kier alpha value is -4.42. The van der Waals surface area contributed by atoms with Crippen LogP contribution in [0.2, 0.25) is 0 Å². The summed E-state index contributed by atoms with van der Waals surface area (Å²) in [6.45, 7) is 3.58. The van der Waals surface area contributed by atoms with Gasteiger partial charge in [-0.3, -0.25) is 4.79 Å². The minimum Gasteiger partial charge on any atom is -0.493 e. The van der Waals surface area contributed by atoms with Gasteiger partial charge in [-0.2, -0.15) is 5.26 Å². The highest BCUT2D eigenvalue weighted by molar-refractivity contribution is 7.18. The van der Waals surface area contributed by atoms with Gasteiger partial charge in [-0.25, -0.2) is 9.78 Å². The number of amides is 1. The van der Waals surface area contributed by atoms with E-state index in [1.807, 2.05) is 30.3 Å². The maximum absolute atomic E-state index is 13.5. The van der Waals surface area contributed by atoms with Crippen molar-refractivity contribution in [1.29, 1.82) is 5.26 Å². The first-order chi connectivity index (χ1) is 17.4. The lowest BCUT2D eigenvalue weighted by molar-refractivity contribution is 0.0531. The van der Waals surface area contributed by atoms with Crippen LogP contribution in [0.15, 0.2) is 48.5 Å². The van der Waals surface area contributed by atoms with Gasteiger partial charge in [0.1, 0.15) is 15.9 Å². The fraction of sp³-hybridized carbons (Fsp3) is 0.185. The van der Waals surface area contributed by atoms with Crippen molar-refractivity contribution in [3.8, 4) is 28.8 Å². The molecule has 2 aromatic heterocycles. The molecule has 0 spiro atoms. The fourth-order valence-electron chi connectivity index (χ4n) is 3.80. The van der Waals surface area contributed by atoms with Gasteiger partial charge in [-0.15, -0.1) is 11.3 Å². The summed E-state index contributed by atoms with van der Waals surface area (Å²) < 4.78 is 15.8. The number of pyridine rings is 1. The number of rotatable bonds is 7. The molecule has 2 aromatic carbocycles. The molecule has 4 aromatic rings. The molecule has 0 atom stereocenters. The molecule has 9 heteroatoms. The van der Waals surface area contributed by atoms with Gasteiger partial charge < -0.3 is 19.5 Å². The highest BCUT2D eigenvalue weighted by Crippen LogP contribution is 2.35. The second-order valence-corrected chi connectivity index (χ2v) is 8.71. The van der Waals surface area contributed by atoms with Crippen molar-refractivity contribution < 1.29 is 23.8 Å². The number of ether oxygens (including phenoxy) is 3. The number of methoxy groups -OCH3 is 2. The summed E-state index contributed by atoms with van der Waals surface area (Å²) in [5, 5.41) is 13.4. The third-order valence-electron chi connectivity index (χ3n) is 5.59. The van der Waals surface area contributed by atoms with Crippen molar-refractivity contribution in [1.82, 2.24) is 4.98 Å². The number of nitriles is 1. The number of fused-ring (bicyclic) bond motifs is 1. The largest absolute Gasteiger partial charge is 0.493 e. The average Bonchev–Trinajstić information content (AvgIpc) is 3.22. The first-order valence-electron chi connectivity index (χ1n) is 11.1. The van der Waals surface area contributed by atoms with Crippen LogP contribution in [-0.4, -0.2) is 37.7 Å². The number of carbonyl (C=O) groups is 2. The summed E-state index contributed by atoms with van der Waals surface area (Å²) in [4.78, 5) is 30.9. The smallest absolute Gasteiger partial charge is 0.348 e. The molecule has 4 rings (SSSR count). The van der Waals surface area contributed by atoms with E-state index in [0.717, 1.165) is 16.9 Å². The molecule has 0 aliphatic heterocycles. The summed E-state index contributed by atoms with van der Waals surface area (Å²) >= 11 is 1.02. The molecule has 36 heavy (non-hydrogen) atoms. The minimum absolute atomic E-state index is 0.210. The van der Waals surface area contributed by atoms with Crippen molar-refractivity contribution in [2.45, 2.75) is 13.8 Å². The first kappa shape index (κ1) is 24.7. The van der Waals surface area contributed by atoms with E-state index in [4.69, 9.17) is 19.2 Å². The molecule has 0 radical (unpaired) electrons.